The summed E-state index contributed by atoms with van der Waals surface area (Å²) in [4.78, 5) is 0. The van der Waals surface area contributed by atoms with Gasteiger partial charge < -0.3 is 10.1 Å². The zero-order valence-corrected chi connectivity index (χ0v) is 10.2. The van der Waals surface area contributed by atoms with Crippen molar-refractivity contribution in [3.8, 4) is 0 Å². The molecule has 0 unspecified atom stereocenters. The monoisotopic (exact) mass is 219 g/mol. The third-order valence-electron chi connectivity index (χ3n) is 3.12. The Bertz CT molecular complexity index is 314. The Labute approximate surface area is 98.0 Å². The number of hydrogen-bond donors (Lipinski definition) is 1. The molecule has 1 aliphatic heterocycles. The van der Waals surface area contributed by atoms with Gasteiger partial charge in [-0.05, 0) is 17.0 Å². The van der Waals surface area contributed by atoms with Crippen LogP contribution in [0.15, 0.2) is 24.3 Å². The van der Waals surface area contributed by atoms with Crippen molar-refractivity contribution in [2.45, 2.75) is 26.3 Å². The summed E-state index contributed by atoms with van der Waals surface area (Å²) in [5.41, 5.74) is 2.78. The number of ether oxygens (including phenoxy) is 1. The van der Waals surface area contributed by atoms with Crippen molar-refractivity contribution in [1.82, 2.24) is 5.32 Å². The average Bonchev–Trinajstić information content (AvgIpc) is 2.22. The van der Waals surface area contributed by atoms with Crippen LogP contribution in [0.1, 0.15) is 30.9 Å². The predicted octanol–water partition coefficient (Wildman–Crippen LogP) is 2.55. The molecule has 0 saturated carbocycles. The fourth-order valence-corrected chi connectivity index (χ4v) is 1.84. The molecule has 1 heterocycles. The second-order valence-electron chi connectivity index (χ2n) is 4.93. The highest BCUT2D eigenvalue weighted by Crippen LogP contribution is 2.14. The standard InChI is InChI=1S/C14H21NO/c1-11(2)14-5-3-12(4-6-14)7-15-8-13-9-16-10-13/h3-6,11,13,15H,7-10H2,1-2H3. The van der Waals surface area contributed by atoms with Gasteiger partial charge in [-0.15, -0.1) is 0 Å². The van der Waals surface area contributed by atoms with E-state index in [-0.39, 0.29) is 0 Å². The molecule has 1 aromatic rings. The molecule has 0 radical (unpaired) electrons. The van der Waals surface area contributed by atoms with Crippen molar-refractivity contribution in [2.75, 3.05) is 19.8 Å². The van der Waals surface area contributed by atoms with Crippen LogP contribution < -0.4 is 5.32 Å². The minimum atomic E-state index is 0.620. The van der Waals surface area contributed by atoms with Crippen molar-refractivity contribution in [3.63, 3.8) is 0 Å². The van der Waals surface area contributed by atoms with E-state index in [1.54, 1.807) is 0 Å². The van der Waals surface area contributed by atoms with Gasteiger partial charge in [0, 0.05) is 19.0 Å². The van der Waals surface area contributed by atoms with Crippen LogP contribution >= 0.6 is 0 Å². The molecule has 0 atom stereocenters. The maximum atomic E-state index is 5.14. The van der Waals surface area contributed by atoms with Gasteiger partial charge in [0.05, 0.1) is 13.2 Å². The second-order valence-corrected chi connectivity index (χ2v) is 4.93. The van der Waals surface area contributed by atoms with E-state index >= 15 is 0 Å². The van der Waals surface area contributed by atoms with Crippen LogP contribution in [0.2, 0.25) is 0 Å². The largest absolute Gasteiger partial charge is 0.381 e. The summed E-state index contributed by atoms with van der Waals surface area (Å²) in [6, 6.07) is 8.90. The molecule has 1 saturated heterocycles. The highest BCUT2D eigenvalue weighted by molar-refractivity contribution is 5.24. The first-order valence-electron chi connectivity index (χ1n) is 6.13. The quantitative estimate of drug-likeness (QED) is 0.821. The van der Waals surface area contributed by atoms with E-state index in [9.17, 15) is 0 Å². The fourth-order valence-electron chi connectivity index (χ4n) is 1.84. The Kier molecular flexibility index (Phi) is 3.97. The van der Waals surface area contributed by atoms with Gasteiger partial charge in [-0.3, -0.25) is 0 Å². The van der Waals surface area contributed by atoms with E-state index in [0.717, 1.165) is 32.2 Å². The Morgan fingerprint density at radius 1 is 1.25 bits per heavy atom. The molecular weight excluding hydrogens is 198 g/mol. The Hall–Kier alpha value is -0.860. The molecule has 0 spiro atoms. The number of nitrogens with one attached hydrogen (secondary N) is 1. The lowest BCUT2D eigenvalue weighted by molar-refractivity contribution is -0.0307. The average molecular weight is 219 g/mol. The van der Waals surface area contributed by atoms with Crippen molar-refractivity contribution in [2.24, 2.45) is 5.92 Å². The van der Waals surface area contributed by atoms with E-state index in [2.05, 4.69) is 43.4 Å². The molecule has 2 nitrogen and oxygen atoms in total. The molecule has 0 aliphatic carbocycles. The minimum Gasteiger partial charge on any atom is -0.381 e. The van der Waals surface area contributed by atoms with Crippen LogP contribution in [-0.2, 0) is 11.3 Å². The van der Waals surface area contributed by atoms with E-state index in [1.165, 1.54) is 11.1 Å². The smallest absolute Gasteiger partial charge is 0.0528 e. The lowest BCUT2D eigenvalue weighted by Crippen LogP contribution is -2.36. The summed E-state index contributed by atoms with van der Waals surface area (Å²) in [6.45, 7) is 8.35. The highest BCUT2D eigenvalue weighted by Gasteiger charge is 2.17. The van der Waals surface area contributed by atoms with Crippen molar-refractivity contribution >= 4 is 0 Å². The molecule has 1 aromatic carbocycles. The highest BCUT2D eigenvalue weighted by atomic mass is 16.5. The maximum absolute atomic E-state index is 5.14. The topological polar surface area (TPSA) is 21.3 Å². The fraction of sp³-hybridized carbons (Fsp3) is 0.571. The molecule has 1 aliphatic rings. The third-order valence-corrected chi connectivity index (χ3v) is 3.12. The van der Waals surface area contributed by atoms with Crippen molar-refractivity contribution < 1.29 is 4.74 Å². The summed E-state index contributed by atoms with van der Waals surface area (Å²) in [5.74, 6) is 1.35. The minimum absolute atomic E-state index is 0.620. The van der Waals surface area contributed by atoms with E-state index in [4.69, 9.17) is 4.74 Å². The van der Waals surface area contributed by atoms with E-state index in [1.807, 2.05) is 0 Å². The molecule has 2 heteroatoms. The lowest BCUT2D eigenvalue weighted by Gasteiger charge is -2.26. The van der Waals surface area contributed by atoms with Gasteiger partial charge in [0.1, 0.15) is 0 Å². The summed E-state index contributed by atoms with van der Waals surface area (Å²) in [5, 5.41) is 3.47. The van der Waals surface area contributed by atoms with Gasteiger partial charge in [0.2, 0.25) is 0 Å². The zero-order chi connectivity index (χ0) is 11.4. The number of benzene rings is 1. The van der Waals surface area contributed by atoms with Crippen LogP contribution in [0.3, 0.4) is 0 Å². The third kappa shape index (κ3) is 3.06. The number of hydrogen-bond acceptors (Lipinski definition) is 2. The second kappa shape index (κ2) is 5.46. The number of rotatable bonds is 5. The van der Waals surface area contributed by atoms with Gasteiger partial charge >= 0.3 is 0 Å². The molecule has 16 heavy (non-hydrogen) atoms. The SMILES string of the molecule is CC(C)c1ccc(CNCC2COC2)cc1. The van der Waals surface area contributed by atoms with Gasteiger partial charge in [-0.25, -0.2) is 0 Å². The first-order chi connectivity index (χ1) is 7.75. The van der Waals surface area contributed by atoms with Crippen LogP contribution in [0, 0.1) is 5.92 Å². The molecular formula is C14H21NO. The Morgan fingerprint density at radius 3 is 2.44 bits per heavy atom. The molecule has 88 valence electrons. The normalized spacial score (nSPS) is 16.4. The summed E-state index contributed by atoms with van der Waals surface area (Å²) in [6.07, 6.45) is 0. The Morgan fingerprint density at radius 2 is 1.94 bits per heavy atom. The van der Waals surface area contributed by atoms with Crippen LogP contribution in [0.25, 0.3) is 0 Å². The molecule has 1 N–H and O–H groups in total. The molecule has 0 bridgehead atoms. The van der Waals surface area contributed by atoms with Crippen LogP contribution in [0.5, 0.6) is 0 Å². The van der Waals surface area contributed by atoms with E-state index < -0.39 is 0 Å². The van der Waals surface area contributed by atoms with Crippen LogP contribution in [-0.4, -0.2) is 19.8 Å². The van der Waals surface area contributed by atoms with Crippen LogP contribution in [0.4, 0.5) is 0 Å². The predicted molar refractivity (Wildman–Crippen MR) is 66.5 cm³/mol. The molecule has 0 amide bonds. The summed E-state index contributed by atoms with van der Waals surface area (Å²) < 4.78 is 5.14. The molecule has 0 aromatic heterocycles. The van der Waals surface area contributed by atoms with Gasteiger partial charge in [-0.2, -0.15) is 0 Å². The molecule has 2 rings (SSSR count). The van der Waals surface area contributed by atoms with Gasteiger partial charge in [0.15, 0.2) is 0 Å². The molecule has 1 fully saturated rings. The summed E-state index contributed by atoms with van der Waals surface area (Å²) in [7, 11) is 0. The van der Waals surface area contributed by atoms with E-state index in [0.29, 0.717) is 5.92 Å². The summed E-state index contributed by atoms with van der Waals surface area (Å²) >= 11 is 0. The zero-order valence-electron chi connectivity index (χ0n) is 10.2. The lowest BCUT2D eigenvalue weighted by atomic mass is 10.0. The first-order valence-corrected chi connectivity index (χ1v) is 6.13. The first kappa shape index (κ1) is 11.6. The van der Waals surface area contributed by atoms with Gasteiger partial charge in [0.25, 0.3) is 0 Å². The van der Waals surface area contributed by atoms with Gasteiger partial charge in [-0.1, -0.05) is 38.1 Å². The van der Waals surface area contributed by atoms with Crippen molar-refractivity contribution in [3.05, 3.63) is 35.4 Å². The van der Waals surface area contributed by atoms with Crippen molar-refractivity contribution in [1.29, 1.82) is 0 Å². The Balaban J connectivity index is 1.75. The maximum Gasteiger partial charge on any atom is 0.0528 e.